The zero-order valence-electron chi connectivity index (χ0n) is 18.9. The number of unbranched alkanes of at least 4 members (excludes halogenated alkanes) is 3. The Labute approximate surface area is 182 Å². The van der Waals surface area contributed by atoms with Crippen molar-refractivity contribution >= 4 is 11.6 Å². The van der Waals surface area contributed by atoms with Crippen molar-refractivity contribution in [3.8, 4) is 11.5 Å². The topological polar surface area (TPSA) is 47.6 Å². The zero-order chi connectivity index (χ0) is 21.8. The highest BCUT2D eigenvalue weighted by atomic mass is 16.5. The Hall–Kier alpha value is -2.49. The van der Waals surface area contributed by atoms with Crippen LogP contribution in [0.4, 0.5) is 5.69 Å². The molecule has 2 atom stereocenters. The van der Waals surface area contributed by atoms with Gasteiger partial charge in [-0.1, -0.05) is 71.2 Å². The number of ether oxygens (including phenoxy) is 2. The van der Waals surface area contributed by atoms with E-state index < -0.39 is 6.10 Å². The van der Waals surface area contributed by atoms with Gasteiger partial charge >= 0.3 is 0 Å². The van der Waals surface area contributed by atoms with Crippen molar-refractivity contribution in [1.29, 1.82) is 0 Å². The molecule has 164 valence electrons. The number of carbonyl (C=O) groups is 1. The predicted octanol–water partition coefficient (Wildman–Crippen LogP) is 6.96. The van der Waals surface area contributed by atoms with Crippen LogP contribution in [0.15, 0.2) is 48.5 Å². The first-order chi connectivity index (χ1) is 14.6. The van der Waals surface area contributed by atoms with E-state index >= 15 is 0 Å². The molecule has 0 saturated carbocycles. The molecule has 1 amide bonds. The fourth-order valence-corrected chi connectivity index (χ4v) is 3.30. The van der Waals surface area contributed by atoms with E-state index in [1.165, 1.54) is 19.3 Å². The Balaban J connectivity index is 1.98. The summed E-state index contributed by atoms with van der Waals surface area (Å²) in [5.41, 5.74) is 1.87. The van der Waals surface area contributed by atoms with Gasteiger partial charge in [0.05, 0.1) is 6.61 Å². The highest BCUT2D eigenvalue weighted by Gasteiger charge is 2.21. The third-order valence-corrected chi connectivity index (χ3v) is 5.36. The normalized spacial score (nSPS) is 12.8. The van der Waals surface area contributed by atoms with Gasteiger partial charge in [0.2, 0.25) is 0 Å². The van der Waals surface area contributed by atoms with Crippen LogP contribution in [0.3, 0.4) is 0 Å². The number of hydrogen-bond acceptors (Lipinski definition) is 3. The smallest absolute Gasteiger partial charge is 0.265 e. The lowest BCUT2D eigenvalue weighted by Crippen LogP contribution is -2.32. The summed E-state index contributed by atoms with van der Waals surface area (Å²) in [6.45, 7) is 9.20. The van der Waals surface area contributed by atoms with Gasteiger partial charge in [-0.2, -0.15) is 0 Å². The van der Waals surface area contributed by atoms with E-state index in [1.54, 1.807) is 0 Å². The Morgan fingerprint density at radius 1 is 0.967 bits per heavy atom. The number of carbonyl (C=O) groups excluding carboxylic acids is 1. The quantitative estimate of drug-likeness (QED) is 0.363. The number of amides is 1. The lowest BCUT2D eigenvalue weighted by Gasteiger charge is -2.21. The van der Waals surface area contributed by atoms with E-state index in [9.17, 15) is 4.79 Å². The Morgan fingerprint density at radius 3 is 2.50 bits per heavy atom. The van der Waals surface area contributed by atoms with Crippen LogP contribution >= 0.6 is 0 Å². The highest BCUT2D eigenvalue weighted by molar-refractivity contribution is 5.94. The summed E-state index contributed by atoms with van der Waals surface area (Å²) in [6.07, 6.45) is 5.74. The third-order valence-electron chi connectivity index (χ3n) is 5.36. The molecule has 30 heavy (non-hydrogen) atoms. The molecule has 2 aromatic rings. The van der Waals surface area contributed by atoms with Gasteiger partial charge in [0, 0.05) is 11.8 Å². The molecule has 0 aliphatic carbocycles. The lowest BCUT2D eigenvalue weighted by molar-refractivity contribution is -0.122. The number of para-hydroxylation sites is 1. The van der Waals surface area contributed by atoms with E-state index in [0.29, 0.717) is 18.9 Å². The van der Waals surface area contributed by atoms with Crippen LogP contribution in [0.5, 0.6) is 11.5 Å². The number of nitrogens with one attached hydrogen (secondary N) is 1. The summed E-state index contributed by atoms with van der Waals surface area (Å²) in [5, 5.41) is 2.98. The van der Waals surface area contributed by atoms with Gasteiger partial charge in [-0.15, -0.1) is 0 Å². The molecule has 0 aromatic heterocycles. The summed E-state index contributed by atoms with van der Waals surface area (Å²) in [6, 6.07) is 15.6. The molecule has 0 saturated heterocycles. The van der Waals surface area contributed by atoms with Crippen LogP contribution in [0.1, 0.15) is 77.7 Å². The summed E-state index contributed by atoms with van der Waals surface area (Å²) < 4.78 is 12.0. The van der Waals surface area contributed by atoms with Crippen molar-refractivity contribution in [3.05, 3.63) is 54.1 Å². The van der Waals surface area contributed by atoms with E-state index in [4.69, 9.17) is 9.47 Å². The summed E-state index contributed by atoms with van der Waals surface area (Å²) in [4.78, 5) is 12.9. The highest BCUT2D eigenvalue weighted by Crippen LogP contribution is 2.29. The fourth-order valence-electron chi connectivity index (χ4n) is 3.30. The van der Waals surface area contributed by atoms with E-state index in [2.05, 4.69) is 32.2 Å². The summed E-state index contributed by atoms with van der Waals surface area (Å²) in [5.74, 6) is 1.81. The SMILES string of the molecule is CCCCCCOc1cccc(NC(=O)C(CC)Oc2ccccc2C(C)CC)c1. The Kier molecular flexibility index (Phi) is 10.3. The molecular weight excluding hydrogens is 374 g/mol. The minimum absolute atomic E-state index is 0.142. The van der Waals surface area contributed by atoms with E-state index in [-0.39, 0.29) is 5.91 Å². The van der Waals surface area contributed by atoms with Crippen molar-refractivity contribution in [2.75, 3.05) is 11.9 Å². The van der Waals surface area contributed by atoms with Crippen LogP contribution in [-0.2, 0) is 4.79 Å². The first-order valence-corrected chi connectivity index (χ1v) is 11.4. The first-order valence-electron chi connectivity index (χ1n) is 11.4. The molecule has 4 nitrogen and oxygen atoms in total. The molecule has 0 bridgehead atoms. The Morgan fingerprint density at radius 2 is 1.77 bits per heavy atom. The number of benzene rings is 2. The molecular formula is C26H37NO3. The standard InChI is InChI=1S/C26H37NO3/c1-5-8-9-12-18-29-22-15-13-14-21(19-22)27-26(28)24(7-3)30-25-17-11-10-16-23(25)20(4)6-2/h10-11,13-17,19-20,24H,5-9,12,18H2,1-4H3,(H,27,28). The van der Waals surface area contributed by atoms with Crippen LogP contribution in [0.2, 0.25) is 0 Å². The van der Waals surface area contributed by atoms with Gasteiger partial charge < -0.3 is 14.8 Å². The van der Waals surface area contributed by atoms with Gasteiger partial charge in [-0.05, 0) is 48.9 Å². The molecule has 4 heteroatoms. The summed E-state index contributed by atoms with van der Waals surface area (Å²) in [7, 11) is 0. The van der Waals surface area contributed by atoms with Gasteiger partial charge in [0.1, 0.15) is 11.5 Å². The molecule has 2 unspecified atom stereocenters. The van der Waals surface area contributed by atoms with Crippen molar-refractivity contribution < 1.29 is 14.3 Å². The molecule has 2 aromatic carbocycles. The van der Waals surface area contributed by atoms with Crippen molar-refractivity contribution in [3.63, 3.8) is 0 Å². The van der Waals surface area contributed by atoms with Gasteiger partial charge in [0.15, 0.2) is 6.10 Å². The number of rotatable bonds is 13. The predicted molar refractivity (Wildman–Crippen MR) is 125 cm³/mol. The second-order valence-electron chi connectivity index (χ2n) is 7.79. The van der Waals surface area contributed by atoms with Gasteiger partial charge in [-0.25, -0.2) is 0 Å². The largest absolute Gasteiger partial charge is 0.494 e. The maximum absolute atomic E-state index is 12.9. The van der Waals surface area contributed by atoms with Gasteiger partial charge in [-0.3, -0.25) is 4.79 Å². The average Bonchev–Trinajstić information content (AvgIpc) is 2.77. The van der Waals surface area contributed by atoms with Crippen molar-refractivity contribution in [2.45, 2.75) is 78.2 Å². The number of hydrogen-bond donors (Lipinski definition) is 1. The second kappa shape index (κ2) is 12.9. The molecule has 0 radical (unpaired) electrons. The molecule has 0 heterocycles. The molecule has 0 aliphatic heterocycles. The molecule has 0 aliphatic rings. The molecule has 0 fully saturated rings. The lowest BCUT2D eigenvalue weighted by atomic mass is 9.98. The van der Waals surface area contributed by atoms with Crippen molar-refractivity contribution in [2.24, 2.45) is 0 Å². The van der Waals surface area contributed by atoms with Crippen LogP contribution < -0.4 is 14.8 Å². The van der Waals surface area contributed by atoms with E-state index in [1.807, 2.05) is 49.4 Å². The monoisotopic (exact) mass is 411 g/mol. The second-order valence-corrected chi connectivity index (χ2v) is 7.79. The Bertz CT molecular complexity index is 774. The van der Waals surface area contributed by atoms with Crippen LogP contribution in [-0.4, -0.2) is 18.6 Å². The maximum Gasteiger partial charge on any atom is 0.265 e. The molecule has 1 N–H and O–H groups in total. The molecule has 0 spiro atoms. The molecule has 2 rings (SSSR count). The van der Waals surface area contributed by atoms with E-state index in [0.717, 1.165) is 35.6 Å². The summed E-state index contributed by atoms with van der Waals surface area (Å²) >= 11 is 0. The fraction of sp³-hybridized carbons (Fsp3) is 0.500. The minimum Gasteiger partial charge on any atom is -0.494 e. The van der Waals surface area contributed by atoms with Crippen molar-refractivity contribution in [1.82, 2.24) is 0 Å². The first kappa shape index (κ1) is 23.8. The minimum atomic E-state index is -0.547. The third kappa shape index (κ3) is 7.40. The maximum atomic E-state index is 12.9. The zero-order valence-corrected chi connectivity index (χ0v) is 18.9. The number of anilines is 1. The van der Waals surface area contributed by atoms with Crippen LogP contribution in [0.25, 0.3) is 0 Å². The van der Waals surface area contributed by atoms with Crippen LogP contribution in [0, 0.1) is 0 Å². The average molecular weight is 412 g/mol. The van der Waals surface area contributed by atoms with Gasteiger partial charge in [0.25, 0.3) is 5.91 Å².